The number of rotatable bonds is 13. The van der Waals surface area contributed by atoms with Gasteiger partial charge in [0.2, 0.25) is 21.8 Å². The Labute approximate surface area is 207 Å². The standard InChI is InChI=1S/C25H34FN3O5S/c1-5-27-25(31)19(3)28(18-20-13-15-21(26)16-14-20)24(30)12-9-17-29(35(4,32)33)22-10-7-8-11-23(22)34-6-2/h7-8,10-11,13-16,19H,5-6,9,12,17-18H2,1-4H3,(H,27,31)/t19-/m1/s1. The molecule has 0 fully saturated rings. The van der Waals surface area contributed by atoms with Crippen LogP contribution in [0.4, 0.5) is 10.1 Å². The summed E-state index contributed by atoms with van der Waals surface area (Å²) in [4.78, 5) is 27.1. The summed E-state index contributed by atoms with van der Waals surface area (Å²) in [5, 5.41) is 2.72. The number of nitrogens with zero attached hydrogens (tertiary/aromatic N) is 2. The Kier molecular flexibility index (Phi) is 10.5. The van der Waals surface area contributed by atoms with Crippen molar-refractivity contribution in [1.82, 2.24) is 10.2 Å². The number of hydrogen-bond donors (Lipinski definition) is 1. The topological polar surface area (TPSA) is 96.0 Å². The van der Waals surface area contributed by atoms with Crippen molar-refractivity contribution in [2.75, 3.05) is 30.3 Å². The van der Waals surface area contributed by atoms with E-state index in [1.807, 2.05) is 6.92 Å². The zero-order valence-corrected chi connectivity index (χ0v) is 21.5. The highest BCUT2D eigenvalue weighted by Gasteiger charge is 2.27. The van der Waals surface area contributed by atoms with E-state index < -0.39 is 21.9 Å². The van der Waals surface area contributed by atoms with Crippen LogP contribution in [0.2, 0.25) is 0 Å². The average Bonchev–Trinajstić information content (AvgIpc) is 2.81. The van der Waals surface area contributed by atoms with Gasteiger partial charge in [-0.05, 0) is 57.0 Å². The van der Waals surface area contributed by atoms with Crippen LogP contribution in [0.25, 0.3) is 0 Å². The molecule has 35 heavy (non-hydrogen) atoms. The largest absolute Gasteiger partial charge is 0.492 e. The Hall–Kier alpha value is -3.14. The summed E-state index contributed by atoms with van der Waals surface area (Å²) >= 11 is 0. The lowest BCUT2D eigenvalue weighted by Gasteiger charge is -2.29. The van der Waals surface area contributed by atoms with Gasteiger partial charge in [-0.3, -0.25) is 13.9 Å². The second kappa shape index (κ2) is 13.1. The van der Waals surface area contributed by atoms with E-state index in [0.717, 1.165) is 6.26 Å². The summed E-state index contributed by atoms with van der Waals surface area (Å²) in [5.74, 6) is -0.558. The fourth-order valence-corrected chi connectivity index (χ4v) is 4.58. The van der Waals surface area contributed by atoms with E-state index in [1.54, 1.807) is 50.2 Å². The third kappa shape index (κ3) is 8.24. The van der Waals surface area contributed by atoms with Gasteiger partial charge in [-0.2, -0.15) is 0 Å². The molecular formula is C25H34FN3O5S. The SMILES string of the molecule is CCNC(=O)[C@@H](C)N(Cc1ccc(F)cc1)C(=O)CCCN(c1ccccc1OCC)S(C)(=O)=O. The smallest absolute Gasteiger partial charge is 0.242 e. The number of para-hydroxylation sites is 2. The molecule has 192 valence electrons. The first-order valence-electron chi connectivity index (χ1n) is 11.6. The average molecular weight is 508 g/mol. The molecule has 0 bridgehead atoms. The van der Waals surface area contributed by atoms with Gasteiger partial charge in [-0.1, -0.05) is 24.3 Å². The normalized spacial score (nSPS) is 12.0. The van der Waals surface area contributed by atoms with Crippen LogP contribution in [-0.2, 0) is 26.2 Å². The Morgan fingerprint density at radius 3 is 2.34 bits per heavy atom. The van der Waals surface area contributed by atoms with Crippen LogP contribution >= 0.6 is 0 Å². The van der Waals surface area contributed by atoms with Gasteiger partial charge in [0.05, 0.1) is 18.6 Å². The summed E-state index contributed by atoms with van der Waals surface area (Å²) in [5.41, 5.74) is 1.09. The molecular weight excluding hydrogens is 473 g/mol. The van der Waals surface area contributed by atoms with Gasteiger partial charge in [-0.15, -0.1) is 0 Å². The number of halogens is 1. The number of benzene rings is 2. The molecule has 0 radical (unpaired) electrons. The maximum atomic E-state index is 13.3. The summed E-state index contributed by atoms with van der Waals surface area (Å²) in [6.45, 7) is 6.22. The van der Waals surface area contributed by atoms with Crippen LogP contribution in [0, 0.1) is 5.82 Å². The first-order valence-corrected chi connectivity index (χ1v) is 13.4. The predicted molar refractivity (Wildman–Crippen MR) is 134 cm³/mol. The van der Waals surface area contributed by atoms with Crippen LogP contribution in [0.15, 0.2) is 48.5 Å². The summed E-state index contributed by atoms with van der Waals surface area (Å²) < 4.78 is 45.2. The number of ether oxygens (including phenoxy) is 1. The Morgan fingerprint density at radius 2 is 1.74 bits per heavy atom. The molecule has 0 saturated heterocycles. The van der Waals surface area contributed by atoms with Crippen LogP contribution in [0.3, 0.4) is 0 Å². The maximum Gasteiger partial charge on any atom is 0.242 e. The molecule has 0 unspecified atom stereocenters. The van der Waals surface area contributed by atoms with Gasteiger partial charge >= 0.3 is 0 Å². The molecule has 0 saturated carbocycles. The van der Waals surface area contributed by atoms with Crippen molar-refractivity contribution in [3.8, 4) is 5.75 Å². The lowest BCUT2D eigenvalue weighted by atomic mass is 10.1. The molecule has 2 amide bonds. The number of amides is 2. The van der Waals surface area contributed by atoms with E-state index >= 15 is 0 Å². The number of sulfonamides is 1. The number of hydrogen-bond acceptors (Lipinski definition) is 5. The van der Waals surface area contributed by atoms with Crippen LogP contribution in [0.1, 0.15) is 39.2 Å². The highest BCUT2D eigenvalue weighted by atomic mass is 32.2. The van der Waals surface area contributed by atoms with Gasteiger partial charge in [0.1, 0.15) is 17.6 Å². The first kappa shape index (κ1) is 28.1. The second-order valence-electron chi connectivity index (χ2n) is 8.06. The molecule has 0 aliphatic heterocycles. The number of nitrogens with one attached hydrogen (secondary N) is 1. The zero-order valence-electron chi connectivity index (χ0n) is 20.7. The van der Waals surface area contributed by atoms with E-state index in [4.69, 9.17) is 4.74 Å². The maximum absolute atomic E-state index is 13.3. The first-order chi connectivity index (χ1) is 16.6. The molecule has 0 spiro atoms. The molecule has 2 aromatic rings. The summed E-state index contributed by atoms with van der Waals surface area (Å²) in [6.07, 6.45) is 1.36. The molecule has 1 atom stereocenters. The molecule has 10 heteroatoms. The quantitative estimate of drug-likeness (QED) is 0.449. The molecule has 2 rings (SSSR count). The van der Waals surface area contributed by atoms with Crippen molar-refractivity contribution < 1.29 is 27.1 Å². The van der Waals surface area contributed by atoms with E-state index in [1.165, 1.54) is 21.3 Å². The molecule has 2 aromatic carbocycles. The van der Waals surface area contributed by atoms with Crippen molar-refractivity contribution in [3.63, 3.8) is 0 Å². The second-order valence-corrected chi connectivity index (χ2v) is 9.96. The van der Waals surface area contributed by atoms with Crippen LogP contribution < -0.4 is 14.4 Å². The fourth-order valence-electron chi connectivity index (χ4n) is 3.61. The Morgan fingerprint density at radius 1 is 1.09 bits per heavy atom. The lowest BCUT2D eigenvalue weighted by molar-refractivity contribution is -0.140. The molecule has 0 heterocycles. The van der Waals surface area contributed by atoms with Crippen molar-refractivity contribution in [2.24, 2.45) is 0 Å². The monoisotopic (exact) mass is 507 g/mol. The number of anilines is 1. The highest BCUT2D eigenvalue weighted by molar-refractivity contribution is 7.92. The minimum absolute atomic E-state index is 0.0216. The minimum atomic E-state index is -3.64. The predicted octanol–water partition coefficient (Wildman–Crippen LogP) is 3.32. The van der Waals surface area contributed by atoms with Crippen molar-refractivity contribution in [3.05, 3.63) is 59.9 Å². The zero-order chi connectivity index (χ0) is 26.0. The lowest BCUT2D eigenvalue weighted by Crippen LogP contribution is -2.47. The molecule has 8 nitrogen and oxygen atoms in total. The Balaban J connectivity index is 2.18. The number of carbonyl (C=O) groups excluding carboxylic acids is 2. The van der Waals surface area contributed by atoms with Gasteiger partial charge in [-0.25, -0.2) is 12.8 Å². The number of carbonyl (C=O) groups is 2. The van der Waals surface area contributed by atoms with Gasteiger partial charge in [0.15, 0.2) is 0 Å². The number of likely N-dealkylation sites (N-methyl/N-ethyl adjacent to an activating group) is 1. The summed E-state index contributed by atoms with van der Waals surface area (Å²) in [7, 11) is -3.64. The van der Waals surface area contributed by atoms with Crippen molar-refractivity contribution in [1.29, 1.82) is 0 Å². The van der Waals surface area contributed by atoms with Crippen LogP contribution in [-0.4, -0.2) is 57.1 Å². The van der Waals surface area contributed by atoms with E-state index in [-0.39, 0.29) is 37.7 Å². The molecule has 0 aliphatic carbocycles. The van der Waals surface area contributed by atoms with E-state index in [0.29, 0.717) is 30.2 Å². The molecule has 0 aliphatic rings. The van der Waals surface area contributed by atoms with Gasteiger partial charge in [0.25, 0.3) is 0 Å². The van der Waals surface area contributed by atoms with Crippen molar-refractivity contribution >= 4 is 27.5 Å². The third-order valence-electron chi connectivity index (χ3n) is 5.37. The van der Waals surface area contributed by atoms with Crippen LogP contribution in [0.5, 0.6) is 5.75 Å². The minimum Gasteiger partial charge on any atom is -0.492 e. The van der Waals surface area contributed by atoms with Gasteiger partial charge in [0, 0.05) is 26.1 Å². The van der Waals surface area contributed by atoms with E-state index in [9.17, 15) is 22.4 Å². The molecule has 0 aromatic heterocycles. The third-order valence-corrected chi connectivity index (χ3v) is 6.55. The summed E-state index contributed by atoms with van der Waals surface area (Å²) in [6, 6.07) is 11.8. The molecule has 1 N–H and O–H groups in total. The fraction of sp³-hybridized carbons (Fsp3) is 0.440. The highest BCUT2D eigenvalue weighted by Crippen LogP contribution is 2.30. The van der Waals surface area contributed by atoms with Gasteiger partial charge < -0.3 is 15.0 Å². The Bertz CT molecular complexity index is 1090. The van der Waals surface area contributed by atoms with E-state index in [2.05, 4.69) is 5.32 Å². The van der Waals surface area contributed by atoms with Crippen molar-refractivity contribution in [2.45, 2.75) is 46.2 Å².